The molecule has 11 heteroatoms. The number of hydrogen-bond donors (Lipinski definition) is 0. The molecule has 1 heterocycles. The summed E-state index contributed by atoms with van der Waals surface area (Å²) in [6.07, 6.45) is -0.705. The number of alkyl halides is 1. The summed E-state index contributed by atoms with van der Waals surface area (Å²) in [6.45, 7) is 5.51. The van der Waals surface area contributed by atoms with Crippen molar-refractivity contribution >= 4 is 28.0 Å². The molecule has 28 heavy (non-hydrogen) atoms. The maximum Gasteiger partial charge on any atom is 0.410 e. The molecule has 0 atom stereocenters. The van der Waals surface area contributed by atoms with Crippen LogP contribution in [0.25, 0.3) is 0 Å². The lowest BCUT2D eigenvalue weighted by Gasteiger charge is -2.37. The number of carbonyl (C=O) groups excluding carboxylic acids is 1. The van der Waals surface area contributed by atoms with Gasteiger partial charge in [0, 0.05) is 31.1 Å². The molecule has 0 spiro atoms. The number of nitro groups is 1. The van der Waals surface area contributed by atoms with Gasteiger partial charge < -0.3 is 9.64 Å². The van der Waals surface area contributed by atoms with Gasteiger partial charge in [-0.15, -0.1) is 4.36 Å². The van der Waals surface area contributed by atoms with Crippen molar-refractivity contribution < 1.29 is 27.3 Å². The van der Waals surface area contributed by atoms with Crippen LogP contribution < -0.4 is 0 Å². The van der Waals surface area contributed by atoms with Crippen molar-refractivity contribution in [2.45, 2.75) is 51.3 Å². The van der Waals surface area contributed by atoms with Gasteiger partial charge in [-0.2, -0.15) is 8.42 Å². The summed E-state index contributed by atoms with van der Waals surface area (Å²) in [5.74, 6) is 0. The number of piperidine rings is 1. The number of likely N-dealkylation sites (tertiary alicyclic amines) is 1. The van der Waals surface area contributed by atoms with Gasteiger partial charge in [-0.3, -0.25) is 10.1 Å². The third-order valence-electron chi connectivity index (χ3n) is 4.26. The van der Waals surface area contributed by atoms with E-state index in [1.807, 2.05) is 0 Å². The van der Waals surface area contributed by atoms with E-state index < -0.39 is 38.5 Å². The fourth-order valence-electron chi connectivity index (χ4n) is 2.95. The fraction of sp³-hybridized carbons (Fsp3) is 0.588. The van der Waals surface area contributed by atoms with Crippen molar-refractivity contribution in [2.24, 2.45) is 4.36 Å². The van der Waals surface area contributed by atoms with Crippen molar-refractivity contribution in [2.75, 3.05) is 13.1 Å². The predicted octanol–water partition coefficient (Wildman–Crippen LogP) is 3.57. The van der Waals surface area contributed by atoms with Crippen LogP contribution in [0.3, 0.4) is 0 Å². The van der Waals surface area contributed by atoms with Crippen LogP contribution in [0.2, 0.25) is 0 Å². The summed E-state index contributed by atoms with van der Waals surface area (Å²) in [6, 6.07) is 3.60. The van der Waals surface area contributed by atoms with Crippen LogP contribution >= 0.6 is 0 Å². The minimum atomic E-state index is -2.75. The Morgan fingerprint density at radius 2 is 1.96 bits per heavy atom. The van der Waals surface area contributed by atoms with Gasteiger partial charge in [0.1, 0.15) is 11.3 Å². The highest BCUT2D eigenvalue weighted by molar-refractivity contribution is 7.61. The lowest BCUT2D eigenvalue weighted by molar-refractivity contribution is -0.385. The Labute approximate surface area is 163 Å². The molecule has 154 valence electrons. The molecule has 1 aliphatic heterocycles. The minimum Gasteiger partial charge on any atom is -0.444 e. The van der Waals surface area contributed by atoms with Crippen LogP contribution in [0.4, 0.5) is 20.6 Å². The summed E-state index contributed by atoms with van der Waals surface area (Å²) in [4.78, 5) is 24.1. The van der Waals surface area contributed by atoms with Gasteiger partial charge >= 0.3 is 16.6 Å². The predicted molar refractivity (Wildman–Crippen MR) is 98.7 cm³/mol. The van der Waals surface area contributed by atoms with E-state index in [0.717, 1.165) is 6.07 Å². The maximum atomic E-state index is 15.3. The van der Waals surface area contributed by atoms with Gasteiger partial charge in [-0.1, -0.05) is 0 Å². The second-order valence-corrected chi connectivity index (χ2v) is 8.29. The highest BCUT2D eigenvalue weighted by atomic mass is 32.2. The van der Waals surface area contributed by atoms with Gasteiger partial charge in [0.25, 0.3) is 5.69 Å². The summed E-state index contributed by atoms with van der Waals surface area (Å²) in [7, 11) is -2.75. The van der Waals surface area contributed by atoms with E-state index in [2.05, 4.69) is 4.36 Å². The molecular formula is C17H22FN3O6S. The van der Waals surface area contributed by atoms with Crippen LogP contribution in [0.1, 0.15) is 39.2 Å². The molecule has 0 aliphatic carbocycles. The summed E-state index contributed by atoms with van der Waals surface area (Å²) in [5.41, 5.74) is -2.71. The number of ether oxygens (including phenoxy) is 1. The quantitative estimate of drug-likeness (QED) is 0.548. The zero-order valence-electron chi connectivity index (χ0n) is 15.8. The van der Waals surface area contributed by atoms with E-state index in [1.54, 1.807) is 20.8 Å². The largest absolute Gasteiger partial charge is 0.444 e. The average molecular weight is 415 g/mol. The smallest absolute Gasteiger partial charge is 0.410 e. The topological polar surface area (TPSA) is 119 Å². The molecule has 0 N–H and O–H groups in total. The van der Waals surface area contributed by atoms with E-state index in [4.69, 9.17) is 4.74 Å². The number of halogens is 1. The van der Waals surface area contributed by atoms with E-state index in [0.29, 0.717) is 0 Å². The molecule has 0 saturated carbocycles. The second kappa shape index (κ2) is 8.21. The van der Waals surface area contributed by atoms with Crippen LogP contribution in [-0.2, 0) is 21.7 Å². The lowest BCUT2D eigenvalue weighted by Crippen LogP contribution is -2.47. The van der Waals surface area contributed by atoms with Crippen molar-refractivity contribution in [3.63, 3.8) is 0 Å². The van der Waals surface area contributed by atoms with E-state index in [-0.39, 0.29) is 43.6 Å². The Morgan fingerprint density at radius 3 is 2.46 bits per heavy atom. The number of hydrogen-bond acceptors (Lipinski definition) is 7. The average Bonchev–Trinajstić information content (AvgIpc) is 2.54. The first-order chi connectivity index (χ1) is 12.9. The molecular weight excluding hydrogens is 393 g/mol. The van der Waals surface area contributed by atoms with Gasteiger partial charge in [0.15, 0.2) is 0 Å². The second-order valence-electron chi connectivity index (χ2n) is 7.67. The van der Waals surface area contributed by atoms with Crippen molar-refractivity contribution in [1.29, 1.82) is 0 Å². The molecule has 1 aliphatic rings. The standard InChI is InChI=1S/C17H22FN3O6S/c1-16(2,3)27-15(22)20-8-6-17(18,7-9-20)11-12-4-5-13(19-28(25)26)10-14(12)21(23)24/h4-5,10H,6-9,11H2,1-3H3. The van der Waals surface area contributed by atoms with E-state index in [9.17, 15) is 23.3 Å². The maximum absolute atomic E-state index is 15.3. The Hall–Kier alpha value is -2.56. The molecule has 9 nitrogen and oxygen atoms in total. The Balaban J connectivity index is 2.13. The normalized spacial score (nSPS) is 16.4. The van der Waals surface area contributed by atoms with E-state index >= 15 is 4.39 Å². The van der Waals surface area contributed by atoms with Gasteiger partial charge in [-0.25, -0.2) is 9.18 Å². The number of amides is 1. The van der Waals surface area contributed by atoms with Crippen LogP contribution in [-0.4, -0.2) is 48.7 Å². The summed E-state index contributed by atoms with van der Waals surface area (Å²) >= 11 is 0. The monoisotopic (exact) mass is 415 g/mol. The van der Waals surface area contributed by atoms with Crippen molar-refractivity contribution in [3.8, 4) is 0 Å². The van der Waals surface area contributed by atoms with Crippen LogP contribution in [0.15, 0.2) is 22.6 Å². The minimum absolute atomic E-state index is 0.0140. The zero-order valence-corrected chi connectivity index (χ0v) is 16.7. The highest BCUT2D eigenvalue weighted by Gasteiger charge is 2.38. The van der Waals surface area contributed by atoms with Crippen LogP contribution in [0.5, 0.6) is 0 Å². The molecule has 1 aromatic rings. The van der Waals surface area contributed by atoms with Crippen LogP contribution in [0, 0.1) is 10.1 Å². The van der Waals surface area contributed by atoms with Gasteiger partial charge in [0.05, 0.1) is 10.6 Å². The Kier molecular flexibility index (Phi) is 6.37. The number of rotatable bonds is 4. The third kappa shape index (κ3) is 5.98. The number of nitro benzene ring substituents is 1. The first-order valence-electron chi connectivity index (χ1n) is 8.64. The molecule has 0 radical (unpaired) electrons. The molecule has 0 unspecified atom stereocenters. The van der Waals surface area contributed by atoms with Gasteiger partial charge in [-0.05, 0) is 45.7 Å². The fourth-order valence-corrected chi connectivity index (χ4v) is 3.23. The molecule has 1 saturated heterocycles. The SMILES string of the molecule is CC(C)(C)OC(=O)N1CCC(F)(Cc2ccc(N=S(=O)=O)cc2[N+](=O)[O-])CC1. The Bertz CT molecular complexity index is 894. The molecule has 1 aromatic carbocycles. The van der Waals surface area contributed by atoms with Crippen molar-refractivity contribution in [3.05, 3.63) is 33.9 Å². The number of benzene rings is 1. The number of carbonyl (C=O) groups is 1. The third-order valence-corrected chi connectivity index (χ3v) is 4.62. The molecule has 0 aromatic heterocycles. The molecule has 1 amide bonds. The van der Waals surface area contributed by atoms with Gasteiger partial charge in [0.2, 0.25) is 0 Å². The number of nitrogens with zero attached hydrogens (tertiary/aromatic N) is 3. The Morgan fingerprint density at radius 1 is 1.36 bits per heavy atom. The summed E-state index contributed by atoms with van der Waals surface area (Å²) in [5, 5.41) is 11.3. The highest BCUT2D eigenvalue weighted by Crippen LogP contribution is 2.35. The first-order valence-corrected chi connectivity index (χ1v) is 9.67. The molecule has 0 bridgehead atoms. The first kappa shape index (κ1) is 21.7. The zero-order chi connectivity index (χ0) is 21.1. The summed E-state index contributed by atoms with van der Waals surface area (Å²) < 4.78 is 45.0. The lowest BCUT2D eigenvalue weighted by atomic mass is 9.86. The van der Waals surface area contributed by atoms with E-state index in [1.165, 1.54) is 17.0 Å². The molecule has 2 rings (SSSR count). The molecule has 1 fully saturated rings. The van der Waals surface area contributed by atoms with Crippen molar-refractivity contribution in [1.82, 2.24) is 4.90 Å².